The maximum Gasteiger partial charge on any atom is 0.229 e. The van der Waals surface area contributed by atoms with Gasteiger partial charge < -0.3 is 10.2 Å². The fraction of sp³-hybridized carbons (Fsp3) is 0.562. The third-order valence-corrected chi connectivity index (χ3v) is 4.66. The number of benzene rings is 1. The Labute approximate surface area is 115 Å². The van der Waals surface area contributed by atoms with E-state index in [1.165, 1.54) is 11.1 Å². The lowest BCUT2D eigenvalue weighted by atomic mass is 9.78. The van der Waals surface area contributed by atoms with Crippen LogP contribution in [0.3, 0.4) is 0 Å². The van der Waals surface area contributed by atoms with Gasteiger partial charge in [0.15, 0.2) is 0 Å². The molecule has 0 unspecified atom stereocenters. The van der Waals surface area contributed by atoms with Crippen LogP contribution in [0, 0.1) is 12.3 Å². The molecule has 3 heteroatoms. The van der Waals surface area contributed by atoms with Crippen molar-refractivity contribution in [1.82, 2.24) is 10.2 Å². The van der Waals surface area contributed by atoms with Crippen LogP contribution in [-0.4, -0.2) is 30.4 Å². The Balaban J connectivity index is 1.70. The van der Waals surface area contributed by atoms with Crippen LogP contribution < -0.4 is 5.32 Å². The molecule has 2 fully saturated rings. The molecule has 1 spiro atoms. The van der Waals surface area contributed by atoms with Crippen LogP contribution in [-0.2, 0) is 11.3 Å². The summed E-state index contributed by atoms with van der Waals surface area (Å²) in [5.74, 6) is 0.384. The van der Waals surface area contributed by atoms with Gasteiger partial charge in [-0.1, -0.05) is 29.8 Å². The molecule has 2 aliphatic rings. The summed E-state index contributed by atoms with van der Waals surface area (Å²) in [6, 6.07) is 8.51. The van der Waals surface area contributed by atoms with E-state index in [9.17, 15) is 4.79 Å². The Morgan fingerprint density at radius 3 is 2.53 bits per heavy atom. The lowest BCUT2D eigenvalue weighted by Gasteiger charge is -2.32. The van der Waals surface area contributed by atoms with Crippen LogP contribution in [0.1, 0.15) is 30.4 Å². The number of rotatable bonds is 2. The van der Waals surface area contributed by atoms with Gasteiger partial charge in [0.2, 0.25) is 5.91 Å². The topological polar surface area (TPSA) is 32.3 Å². The van der Waals surface area contributed by atoms with Gasteiger partial charge in [-0.2, -0.15) is 0 Å². The molecule has 2 saturated heterocycles. The number of nitrogens with one attached hydrogen (secondary N) is 1. The number of nitrogens with zero attached hydrogens (tertiary/aromatic N) is 1. The summed E-state index contributed by atoms with van der Waals surface area (Å²) < 4.78 is 0. The maximum atomic E-state index is 12.7. The van der Waals surface area contributed by atoms with Crippen LogP contribution >= 0.6 is 0 Å². The molecule has 1 N–H and O–H groups in total. The first kappa shape index (κ1) is 12.7. The van der Waals surface area contributed by atoms with Crippen LogP contribution in [0.5, 0.6) is 0 Å². The Bertz CT molecular complexity index is 460. The van der Waals surface area contributed by atoms with Gasteiger partial charge >= 0.3 is 0 Å². The summed E-state index contributed by atoms with van der Waals surface area (Å²) in [5.41, 5.74) is 2.46. The van der Waals surface area contributed by atoms with E-state index in [2.05, 4.69) is 41.4 Å². The molecule has 0 aliphatic carbocycles. The molecule has 0 atom stereocenters. The Hall–Kier alpha value is -1.35. The van der Waals surface area contributed by atoms with E-state index in [-0.39, 0.29) is 5.41 Å². The largest absolute Gasteiger partial charge is 0.338 e. The molecule has 1 aromatic carbocycles. The molecule has 0 bridgehead atoms. The molecule has 3 nitrogen and oxygen atoms in total. The second-order valence-electron chi connectivity index (χ2n) is 5.99. The van der Waals surface area contributed by atoms with E-state index in [1.807, 2.05) is 0 Å². The van der Waals surface area contributed by atoms with E-state index < -0.39 is 0 Å². The van der Waals surface area contributed by atoms with Gasteiger partial charge in [-0.3, -0.25) is 4.79 Å². The predicted molar refractivity (Wildman–Crippen MR) is 75.7 cm³/mol. The summed E-state index contributed by atoms with van der Waals surface area (Å²) in [4.78, 5) is 14.7. The molecule has 0 radical (unpaired) electrons. The van der Waals surface area contributed by atoms with Crippen molar-refractivity contribution in [2.24, 2.45) is 5.41 Å². The minimum absolute atomic E-state index is 0.0457. The van der Waals surface area contributed by atoms with Crippen molar-refractivity contribution >= 4 is 5.91 Å². The standard InChI is InChI=1S/C16H22N2O/c1-13-2-4-14(5-3-13)12-18-11-8-16(15(18)19)6-9-17-10-7-16/h2-5,17H,6-12H2,1H3. The first-order valence-electron chi connectivity index (χ1n) is 7.25. The number of aryl methyl sites for hydroxylation is 1. The molecule has 1 aromatic rings. The molecule has 19 heavy (non-hydrogen) atoms. The van der Waals surface area contributed by atoms with Crippen LogP contribution in [0.2, 0.25) is 0 Å². The highest BCUT2D eigenvalue weighted by Gasteiger charge is 2.46. The average molecular weight is 258 g/mol. The zero-order valence-corrected chi connectivity index (χ0v) is 11.6. The minimum atomic E-state index is -0.0457. The summed E-state index contributed by atoms with van der Waals surface area (Å²) >= 11 is 0. The van der Waals surface area contributed by atoms with Crippen molar-refractivity contribution in [2.45, 2.75) is 32.7 Å². The predicted octanol–water partition coefficient (Wildman–Crippen LogP) is 2.10. The molecule has 3 rings (SSSR count). The van der Waals surface area contributed by atoms with Crippen LogP contribution in [0.25, 0.3) is 0 Å². The molecule has 0 aromatic heterocycles. The molecule has 1 amide bonds. The number of amides is 1. The number of piperidine rings is 1. The highest BCUT2D eigenvalue weighted by atomic mass is 16.2. The number of carbonyl (C=O) groups excluding carboxylic acids is 1. The Morgan fingerprint density at radius 1 is 1.16 bits per heavy atom. The van der Waals surface area contributed by atoms with Gasteiger partial charge in [0, 0.05) is 13.1 Å². The Morgan fingerprint density at radius 2 is 1.84 bits per heavy atom. The zero-order chi connectivity index (χ0) is 13.3. The summed E-state index contributed by atoms with van der Waals surface area (Å²) in [6.07, 6.45) is 3.06. The third kappa shape index (κ3) is 2.39. The number of likely N-dealkylation sites (tertiary alicyclic amines) is 1. The van der Waals surface area contributed by atoms with E-state index in [0.29, 0.717) is 5.91 Å². The van der Waals surface area contributed by atoms with Crippen molar-refractivity contribution < 1.29 is 4.79 Å². The highest BCUT2D eigenvalue weighted by molar-refractivity contribution is 5.85. The maximum absolute atomic E-state index is 12.7. The fourth-order valence-electron chi connectivity index (χ4n) is 3.33. The van der Waals surface area contributed by atoms with Crippen molar-refractivity contribution in [2.75, 3.05) is 19.6 Å². The van der Waals surface area contributed by atoms with Crippen molar-refractivity contribution in [1.29, 1.82) is 0 Å². The molecular formula is C16H22N2O. The van der Waals surface area contributed by atoms with Gasteiger partial charge in [0.25, 0.3) is 0 Å². The van der Waals surface area contributed by atoms with Crippen LogP contribution in [0.15, 0.2) is 24.3 Å². The Kier molecular flexibility index (Phi) is 3.31. The molecular weight excluding hydrogens is 236 g/mol. The van der Waals surface area contributed by atoms with E-state index in [1.54, 1.807) is 0 Å². The smallest absolute Gasteiger partial charge is 0.229 e. The highest BCUT2D eigenvalue weighted by Crippen LogP contribution is 2.40. The van der Waals surface area contributed by atoms with Gasteiger partial charge in [-0.15, -0.1) is 0 Å². The van der Waals surface area contributed by atoms with Crippen LogP contribution in [0.4, 0.5) is 0 Å². The third-order valence-electron chi connectivity index (χ3n) is 4.66. The second kappa shape index (κ2) is 4.97. The fourth-order valence-corrected chi connectivity index (χ4v) is 3.33. The van der Waals surface area contributed by atoms with Gasteiger partial charge in [-0.05, 0) is 44.8 Å². The minimum Gasteiger partial charge on any atom is -0.338 e. The first-order valence-corrected chi connectivity index (χ1v) is 7.25. The van der Waals surface area contributed by atoms with E-state index >= 15 is 0 Å². The van der Waals surface area contributed by atoms with Gasteiger partial charge in [-0.25, -0.2) is 0 Å². The monoisotopic (exact) mass is 258 g/mol. The normalized spacial score (nSPS) is 22.2. The van der Waals surface area contributed by atoms with E-state index in [0.717, 1.165) is 45.4 Å². The second-order valence-corrected chi connectivity index (χ2v) is 5.99. The number of carbonyl (C=O) groups is 1. The average Bonchev–Trinajstić information content (AvgIpc) is 2.72. The molecule has 2 aliphatic heterocycles. The lowest BCUT2D eigenvalue weighted by Crippen LogP contribution is -2.42. The first-order chi connectivity index (χ1) is 9.20. The number of hydrogen-bond acceptors (Lipinski definition) is 2. The van der Waals surface area contributed by atoms with Gasteiger partial charge in [0.05, 0.1) is 5.41 Å². The van der Waals surface area contributed by atoms with Crippen molar-refractivity contribution in [3.8, 4) is 0 Å². The van der Waals surface area contributed by atoms with Crippen molar-refractivity contribution in [3.63, 3.8) is 0 Å². The number of hydrogen-bond donors (Lipinski definition) is 1. The SMILES string of the molecule is Cc1ccc(CN2CCC3(CCNCC3)C2=O)cc1. The molecule has 2 heterocycles. The summed E-state index contributed by atoms with van der Waals surface area (Å²) in [7, 11) is 0. The molecule has 0 saturated carbocycles. The lowest BCUT2D eigenvalue weighted by molar-refractivity contribution is -0.137. The van der Waals surface area contributed by atoms with E-state index in [4.69, 9.17) is 0 Å². The quantitative estimate of drug-likeness (QED) is 0.881. The summed E-state index contributed by atoms with van der Waals surface area (Å²) in [5, 5.41) is 3.36. The molecule has 102 valence electrons. The van der Waals surface area contributed by atoms with Gasteiger partial charge in [0.1, 0.15) is 0 Å². The summed E-state index contributed by atoms with van der Waals surface area (Å²) in [6.45, 7) is 5.77. The van der Waals surface area contributed by atoms with Crippen molar-refractivity contribution in [3.05, 3.63) is 35.4 Å². The zero-order valence-electron chi connectivity index (χ0n) is 11.6.